The predicted octanol–water partition coefficient (Wildman–Crippen LogP) is 1.30. The van der Waals surface area contributed by atoms with Crippen molar-refractivity contribution in [2.24, 2.45) is 0 Å². The van der Waals surface area contributed by atoms with Crippen LogP contribution in [0, 0.1) is 12.2 Å². The number of hydrogen-bond donors (Lipinski definition) is 0. The van der Waals surface area contributed by atoms with Gasteiger partial charge in [0.2, 0.25) is 0 Å². The Labute approximate surface area is 188 Å². The van der Waals surface area contributed by atoms with Crippen molar-refractivity contribution in [3.63, 3.8) is 0 Å². The summed E-state index contributed by atoms with van der Waals surface area (Å²) in [4.78, 5) is 0. The summed E-state index contributed by atoms with van der Waals surface area (Å²) in [6.45, 7) is 8.80. The first kappa shape index (κ1) is 30.2. The predicted molar refractivity (Wildman–Crippen MR) is 98.5 cm³/mol. The van der Waals surface area contributed by atoms with Crippen molar-refractivity contribution in [1.82, 2.24) is 0 Å². The minimum absolute atomic E-state index is 0. The largest absolute Gasteiger partial charge is 4.00 e. The zero-order valence-corrected chi connectivity index (χ0v) is 20.5. The van der Waals surface area contributed by atoms with Gasteiger partial charge in [-0.05, 0) is 0 Å². The first-order valence-corrected chi connectivity index (χ1v) is 9.22. The molecule has 0 saturated carbocycles. The van der Waals surface area contributed by atoms with Crippen molar-refractivity contribution in [3.05, 3.63) is 46.6 Å². The number of rotatable bonds is 8. The molecule has 2 aliphatic rings. The van der Waals surface area contributed by atoms with Crippen molar-refractivity contribution in [3.8, 4) is 0 Å². The van der Waals surface area contributed by atoms with Gasteiger partial charge >= 0.3 is 26.2 Å². The van der Waals surface area contributed by atoms with Crippen LogP contribution in [-0.2, 0) is 26.2 Å². The molecule has 0 radical (unpaired) electrons. The molecule has 0 aromatic carbocycles. The molecule has 0 unspecified atom stereocenters. The van der Waals surface area contributed by atoms with Gasteiger partial charge in [0.1, 0.15) is 0 Å². The standard InChI is InChI=1S/2C11H17.2ClH.Zr/c2*1-3-4-5-6-11-8-7-10(2)9-11;;;/h2*8H,3-7H2,1-2H3;2*1H;/q2*-1;;;+4/p-2. The fraction of sp³-hybridized carbons (Fsp3) is 0.636. The first-order chi connectivity index (χ1) is 10.7. The molecule has 140 valence electrons. The van der Waals surface area contributed by atoms with Crippen molar-refractivity contribution >= 4 is 0 Å². The van der Waals surface area contributed by atoms with E-state index in [1.165, 1.54) is 73.7 Å². The maximum Gasteiger partial charge on any atom is 4.00 e. The molecule has 0 atom stereocenters. The van der Waals surface area contributed by atoms with Crippen LogP contribution in [0.4, 0.5) is 0 Å². The van der Waals surface area contributed by atoms with Crippen molar-refractivity contribution in [1.29, 1.82) is 0 Å². The van der Waals surface area contributed by atoms with Gasteiger partial charge in [-0.1, -0.05) is 91.9 Å². The molecule has 0 spiro atoms. The van der Waals surface area contributed by atoms with Crippen LogP contribution in [0.25, 0.3) is 0 Å². The molecule has 0 N–H and O–H groups in total. The molecule has 0 nitrogen and oxygen atoms in total. The molecule has 25 heavy (non-hydrogen) atoms. The Hall–Kier alpha value is 0.423. The Kier molecular flexibility index (Phi) is 23.2. The summed E-state index contributed by atoms with van der Waals surface area (Å²) >= 11 is 0. The van der Waals surface area contributed by atoms with Gasteiger partial charge in [-0.15, -0.1) is 0 Å². The summed E-state index contributed by atoms with van der Waals surface area (Å²) in [5, 5.41) is 0. The molecule has 0 fully saturated rings. The van der Waals surface area contributed by atoms with E-state index in [1.807, 2.05) is 0 Å². The molecule has 0 heterocycles. The van der Waals surface area contributed by atoms with Crippen molar-refractivity contribution in [2.75, 3.05) is 0 Å². The Bertz CT molecular complexity index is 403. The van der Waals surface area contributed by atoms with Crippen LogP contribution in [-0.4, -0.2) is 0 Å². The van der Waals surface area contributed by atoms with E-state index in [-0.39, 0.29) is 51.0 Å². The first-order valence-electron chi connectivity index (χ1n) is 9.22. The van der Waals surface area contributed by atoms with Gasteiger partial charge in [0, 0.05) is 0 Å². The number of halogens is 2. The van der Waals surface area contributed by atoms with E-state index in [0.29, 0.717) is 0 Å². The van der Waals surface area contributed by atoms with E-state index < -0.39 is 0 Å². The Morgan fingerprint density at radius 1 is 0.720 bits per heavy atom. The summed E-state index contributed by atoms with van der Waals surface area (Å²) in [5.41, 5.74) is 5.68. The van der Waals surface area contributed by atoms with Gasteiger partial charge in [0.05, 0.1) is 0 Å². The van der Waals surface area contributed by atoms with Gasteiger partial charge in [-0.2, -0.15) is 11.1 Å². The number of hydrogen-bond acceptors (Lipinski definition) is 0. The van der Waals surface area contributed by atoms with E-state index in [0.717, 1.165) is 12.8 Å². The average molecular weight is 461 g/mol. The van der Waals surface area contributed by atoms with Crippen LogP contribution in [0.2, 0.25) is 0 Å². The van der Waals surface area contributed by atoms with Gasteiger partial charge in [0.25, 0.3) is 0 Å². The fourth-order valence-corrected chi connectivity index (χ4v) is 2.76. The molecule has 0 aliphatic heterocycles. The quantitative estimate of drug-likeness (QED) is 0.378. The molecule has 2 rings (SSSR count). The van der Waals surface area contributed by atoms with Gasteiger partial charge in [-0.25, -0.2) is 35.5 Å². The fourth-order valence-electron chi connectivity index (χ4n) is 2.76. The van der Waals surface area contributed by atoms with E-state index in [9.17, 15) is 0 Å². The number of unbranched alkanes of at least 4 members (excludes halogenated alkanes) is 4. The van der Waals surface area contributed by atoms with Crippen LogP contribution < -0.4 is 24.8 Å². The van der Waals surface area contributed by atoms with Crippen LogP contribution in [0.3, 0.4) is 0 Å². The zero-order valence-electron chi connectivity index (χ0n) is 16.5. The minimum atomic E-state index is 0. The van der Waals surface area contributed by atoms with E-state index in [4.69, 9.17) is 0 Å². The third-order valence-corrected chi connectivity index (χ3v) is 4.16. The summed E-state index contributed by atoms with van der Waals surface area (Å²) in [5.74, 6) is 0. The Morgan fingerprint density at radius 3 is 1.32 bits per heavy atom. The third-order valence-electron chi connectivity index (χ3n) is 4.16. The average Bonchev–Trinajstić information content (AvgIpc) is 3.09. The topological polar surface area (TPSA) is 0 Å². The maximum absolute atomic E-state index is 3.39. The SMILES string of the molecule is CCCCCC1=CCC(C)=[C-]1.CCCCCC1=CCC(C)=[C-]1.[Cl-].[Cl-].[Zr+4]. The van der Waals surface area contributed by atoms with Crippen LogP contribution in [0.1, 0.15) is 91.9 Å². The summed E-state index contributed by atoms with van der Waals surface area (Å²) < 4.78 is 0. The monoisotopic (exact) mass is 458 g/mol. The van der Waals surface area contributed by atoms with E-state index in [2.05, 4.69) is 52.0 Å². The summed E-state index contributed by atoms with van der Waals surface area (Å²) in [6, 6.07) is 0. The normalized spacial score (nSPS) is 14.6. The Balaban J connectivity index is -0.000000346. The van der Waals surface area contributed by atoms with E-state index in [1.54, 1.807) is 0 Å². The summed E-state index contributed by atoms with van der Waals surface area (Å²) in [7, 11) is 0. The molecule has 0 saturated heterocycles. The van der Waals surface area contributed by atoms with E-state index >= 15 is 0 Å². The molecule has 0 amide bonds. The van der Waals surface area contributed by atoms with Crippen molar-refractivity contribution in [2.45, 2.75) is 91.9 Å². The van der Waals surface area contributed by atoms with Crippen LogP contribution >= 0.6 is 0 Å². The molecule has 2 aliphatic carbocycles. The molecular formula is C22H34Cl2Zr. The second-order valence-electron chi connectivity index (χ2n) is 6.59. The second kappa shape index (κ2) is 19.2. The van der Waals surface area contributed by atoms with Gasteiger partial charge < -0.3 is 24.8 Å². The maximum atomic E-state index is 3.39. The molecule has 0 aromatic heterocycles. The van der Waals surface area contributed by atoms with Crippen molar-refractivity contribution < 1.29 is 51.0 Å². The summed E-state index contributed by atoms with van der Waals surface area (Å²) in [6.07, 6.45) is 24.2. The van der Waals surface area contributed by atoms with Gasteiger partial charge in [0.15, 0.2) is 0 Å². The number of allylic oxidation sites excluding steroid dienone is 8. The second-order valence-corrected chi connectivity index (χ2v) is 6.59. The van der Waals surface area contributed by atoms with Crippen LogP contribution in [0.5, 0.6) is 0 Å². The molecule has 3 heteroatoms. The molecule has 0 aromatic rings. The molecular weight excluding hydrogens is 426 g/mol. The smallest absolute Gasteiger partial charge is 1.00 e. The van der Waals surface area contributed by atoms with Crippen LogP contribution in [0.15, 0.2) is 34.4 Å². The Morgan fingerprint density at radius 2 is 1.08 bits per heavy atom. The minimum Gasteiger partial charge on any atom is -1.00 e. The third kappa shape index (κ3) is 15.2. The van der Waals surface area contributed by atoms with Gasteiger partial charge in [-0.3, -0.25) is 0 Å². The molecule has 0 bridgehead atoms. The zero-order chi connectivity index (χ0) is 16.2.